The minimum atomic E-state index is -0.606. The zero-order chi connectivity index (χ0) is 17.2. The molecule has 1 N–H and O–H groups in total. The molecule has 1 amide bonds. The molecule has 0 aliphatic carbocycles. The van der Waals surface area contributed by atoms with Gasteiger partial charge in [0.15, 0.2) is 0 Å². The Morgan fingerprint density at radius 3 is 2.21 bits per heavy atom. The van der Waals surface area contributed by atoms with Crippen molar-refractivity contribution in [3.8, 4) is 5.75 Å². The van der Waals surface area contributed by atoms with Crippen molar-refractivity contribution in [1.82, 2.24) is 5.32 Å². The zero-order valence-electron chi connectivity index (χ0n) is 13.4. The first kappa shape index (κ1) is 17.3. The second kappa shape index (κ2) is 9.15. The SMILES string of the molecule is CC(=O)N/C(=C/c1ccccc1)C(=O)OCCOc1ccccc1. The predicted octanol–water partition coefficient (Wildman–Crippen LogP) is 2.79. The summed E-state index contributed by atoms with van der Waals surface area (Å²) in [6, 6.07) is 18.5. The lowest BCUT2D eigenvalue weighted by molar-refractivity contribution is -0.141. The summed E-state index contributed by atoms with van der Waals surface area (Å²) in [6.45, 7) is 1.65. The minimum absolute atomic E-state index is 0.0828. The van der Waals surface area contributed by atoms with Crippen LogP contribution in [0.2, 0.25) is 0 Å². The van der Waals surface area contributed by atoms with Crippen LogP contribution in [0.1, 0.15) is 12.5 Å². The number of amides is 1. The third-order valence-corrected chi connectivity index (χ3v) is 2.97. The fourth-order valence-electron chi connectivity index (χ4n) is 1.94. The molecule has 0 aromatic heterocycles. The van der Waals surface area contributed by atoms with Crippen molar-refractivity contribution in [1.29, 1.82) is 0 Å². The van der Waals surface area contributed by atoms with Gasteiger partial charge in [0.1, 0.15) is 24.7 Å². The quantitative estimate of drug-likeness (QED) is 0.483. The molecule has 0 fully saturated rings. The summed E-state index contributed by atoms with van der Waals surface area (Å²) < 4.78 is 10.6. The van der Waals surface area contributed by atoms with Crippen molar-refractivity contribution >= 4 is 18.0 Å². The Hall–Kier alpha value is -3.08. The molecule has 5 heteroatoms. The fourth-order valence-corrected chi connectivity index (χ4v) is 1.94. The molecule has 0 spiro atoms. The van der Waals surface area contributed by atoms with Crippen LogP contribution >= 0.6 is 0 Å². The van der Waals surface area contributed by atoms with Crippen molar-refractivity contribution in [2.24, 2.45) is 0 Å². The maximum Gasteiger partial charge on any atom is 0.354 e. The van der Waals surface area contributed by atoms with Gasteiger partial charge in [0.05, 0.1) is 0 Å². The van der Waals surface area contributed by atoms with E-state index >= 15 is 0 Å². The van der Waals surface area contributed by atoms with Crippen LogP contribution in [-0.4, -0.2) is 25.1 Å². The summed E-state index contributed by atoms with van der Waals surface area (Å²) in [5.74, 6) is -0.240. The van der Waals surface area contributed by atoms with E-state index < -0.39 is 5.97 Å². The molecule has 0 atom stereocenters. The molecule has 5 nitrogen and oxygen atoms in total. The lowest BCUT2D eigenvalue weighted by Crippen LogP contribution is -2.27. The number of nitrogens with one attached hydrogen (secondary N) is 1. The van der Waals surface area contributed by atoms with Crippen LogP contribution in [0.3, 0.4) is 0 Å². The second-order valence-electron chi connectivity index (χ2n) is 4.95. The van der Waals surface area contributed by atoms with Gasteiger partial charge in [-0.25, -0.2) is 4.79 Å². The van der Waals surface area contributed by atoms with Crippen molar-refractivity contribution < 1.29 is 19.1 Å². The molecule has 0 saturated carbocycles. The smallest absolute Gasteiger partial charge is 0.354 e. The van der Waals surface area contributed by atoms with Gasteiger partial charge in [-0.1, -0.05) is 48.5 Å². The Bertz CT molecular complexity index is 696. The molecule has 2 rings (SSSR count). The van der Waals surface area contributed by atoms with E-state index in [2.05, 4.69) is 5.32 Å². The number of para-hydroxylation sites is 1. The molecule has 0 aliphatic heterocycles. The average Bonchev–Trinajstić information content (AvgIpc) is 2.59. The van der Waals surface area contributed by atoms with E-state index in [4.69, 9.17) is 9.47 Å². The average molecular weight is 325 g/mol. The van der Waals surface area contributed by atoms with Crippen LogP contribution in [0.5, 0.6) is 5.75 Å². The molecule has 0 unspecified atom stereocenters. The van der Waals surface area contributed by atoms with Crippen molar-refractivity contribution in [3.63, 3.8) is 0 Å². The van der Waals surface area contributed by atoms with E-state index in [0.29, 0.717) is 5.75 Å². The Morgan fingerprint density at radius 1 is 0.958 bits per heavy atom. The summed E-state index contributed by atoms with van der Waals surface area (Å²) in [6.07, 6.45) is 1.57. The molecule has 0 bridgehead atoms. The molecule has 0 aliphatic rings. The van der Waals surface area contributed by atoms with E-state index in [1.807, 2.05) is 60.7 Å². The summed E-state index contributed by atoms with van der Waals surface area (Å²) in [5, 5.41) is 2.49. The molecule has 124 valence electrons. The molecule has 0 saturated heterocycles. The van der Waals surface area contributed by atoms with Gasteiger partial charge < -0.3 is 14.8 Å². The normalized spacial score (nSPS) is 10.8. The molecular weight excluding hydrogens is 306 g/mol. The number of carbonyl (C=O) groups is 2. The van der Waals surface area contributed by atoms with E-state index in [0.717, 1.165) is 5.56 Å². The summed E-state index contributed by atoms with van der Waals surface area (Å²) in [4.78, 5) is 23.4. The van der Waals surface area contributed by atoms with Gasteiger partial charge in [-0.2, -0.15) is 0 Å². The highest BCUT2D eigenvalue weighted by Crippen LogP contribution is 2.09. The number of rotatable bonds is 7. The van der Waals surface area contributed by atoms with Gasteiger partial charge in [-0.15, -0.1) is 0 Å². The third-order valence-electron chi connectivity index (χ3n) is 2.97. The van der Waals surface area contributed by atoms with Crippen LogP contribution in [0.15, 0.2) is 66.4 Å². The van der Waals surface area contributed by atoms with E-state index in [1.54, 1.807) is 6.08 Å². The van der Waals surface area contributed by atoms with Crippen LogP contribution < -0.4 is 10.1 Å². The van der Waals surface area contributed by atoms with Crippen molar-refractivity contribution in [3.05, 3.63) is 71.9 Å². The molecule has 2 aromatic rings. The first-order valence-corrected chi connectivity index (χ1v) is 7.54. The van der Waals surface area contributed by atoms with Crippen LogP contribution in [0.25, 0.3) is 6.08 Å². The predicted molar refractivity (Wildman–Crippen MR) is 91.1 cm³/mol. The zero-order valence-corrected chi connectivity index (χ0v) is 13.4. The van der Waals surface area contributed by atoms with Crippen LogP contribution in [0.4, 0.5) is 0 Å². The van der Waals surface area contributed by atoms with E-state index in [-0.39, 0.29) is 24.8 Å². The van der Waals surface area contributed by atoms with Crippen LogP contribution in [0, 0.1) is 0 Å². The van der Waals surface area contributed by atoms with Crippen LogP contribution in [-0.2, 0) is 14.3 Å². The first-order valence-electron chi connectivity index (χ1n) is 7.54. The van der Waals surface area contributed by atoms with Gasteiger partial charge >= 0.3 is 5.97 Å². The number of benzene rings is 2. The first-order chi connectivity index (χ1) is 11.6. The van der Waals surface area contributed by atoms with Gasteiger partial charge in [0.2, 0.25) is 5.91 Å². The highest BCUT2D eigenvalue weighted by molar-refractivity contribution is 5.97. The van der Waals surface area contributed by atoms with E-state index in [1.165, 1.54) is 6.92 Å². The van der Waals surface area contributed by atoms with Gasteiger partial charge in [0.25, 0.3) is 0 Å². The Labute approximate surface area is 140 Å². The maximum atomic E-state index is 12.1. The van der Waals surface area contributed by atoms with E-state index in [9.17, 15) is 9.59 Å². The summed E-state index contributed by atoms with van der Waals surface area (Å²) in [7, 11) is 0. The minimum Gasteiger partial charge on any atom is -0.490 e. The molecule has 24 heavy (non-hydrogen) atoms. The molecule has 2 aromatic carbocycles. The third kappa shape index (κ3) is 5.96. The fraction of sp³-hybridized carbons (Fsp3) is 0.158. The Kier molecular flexibility index (Phi) is 6.58. The van der Waals surface area contributed by atoms with Gasteiger partial charge in [-0.3, -0.25) is 4.79 Å². The molecule has 0 radical (unpaired) electrons. The highest BCUT2D eigenvalue weighted by atomic mass is 16.6. The van der Waals surface area contributed by atoms with Crippen molar-refractivity contribution in [2.75, 3.05) is 13.2 Å². The number of carbonyl (C=O) groups excluding carboxylic acids is 2. The molecule has 0 heterocycles. The van der Waals surface area contributed by atoms with Crippen molar-refractivity contribution in [2.45, 2.75) is 6.92 Å². The Morgan fingerprint density at radius 2 is 1.58 bits per heavy atom. The lowest BCUT2D eigenvalue weighted by Gasteiger charge is -2.10. The number of ether oxygens (including phenoxy) is 2. The second-order valence-corrected chi connectivity index (χ2v) is 4.95. The van der Waals surface area contributed by atoms with Gasteiger partial charge in [-0.05, 0) is 23.8 Å². The maximum absolute atomic E-state index is 12.1. The Balaban J connectivity index is 1.90. The lowest BCUT2D eigenvalue weighted by atomic mass is 10.2. The molecular formula is C19H19NO4. The standard InChI is InChI=1S/C19H19NO4/c1-15(21)20-18(14-16-8-4-2-5-9-16)19(22)24-13-12-23-17-10-6-3-7-11-17/h2-11,14H,12-13H2,1H3,(H,20,21)/b18-14+. The number of hydrogen-bond donors (Lipinski definition) is 1. The highest BCUT2D eigenvalue weighted by Gasteiger charge is 2.12. The summed E-state index contributed by atoms with van der Waals surface area (Å²) in [5.41, 5.74) is 0.882. The number of hydrogen-bond acceptors (Lipinski definition) is 4. The number of esters is 1. The summed E-state index contributed by atoms with van der Waals surface area (Å²) >= 11 is 0. The monoisotopic (exact) mass is 325 g/mol. The van der Waals surface area contributed by atoms with Gasteiger partial charge in [0, 0.05) is 6.92 Å². The topological polar surface area (TPSA) is 64.6 Å². The largest absolute Gasteiger partial charge is 0.490 e.